The van der Waals surface area contributed by atoms with E-state index in [4.69, 9.17) is 11.6 Å². The second kappa shape index (κ2) is 8.69. The number of para-hydroxylation sites is 2. The second-order valence-corrected chi connectivity index (χ2v) is 6.80. The lowest BCUT2D eigenvalue weighted by molar-refractivity contribution is 0.826. The number of halogens is 1. The number of benzene rings is 2. The van der Waals surface area contributed by atoms with Gasteiger partial charge in [0.1, 0.15) is 0 Å². The molecule has 1 N–H and O–H groups in total. The van der Waals surface area contributed by atoms with Gasteiger partial charge in [0.2, 0.25) is 5.13 Å². The van der Waals surface area contributed by atoms with E-state index in [1.165, 1.54) is 11.3 Å². The van der Waals surface area contributed by atoms with Crippen LogP contribution in [-0.2, 0) is 0 Å². The van der Waals surface area contributed by atoms with Crippen molar-refractivity contribution < 1.29 is 0 Å². The fourth-order valence-corrected chi connectivity index (χ4v) is 3.11. The van der Waals surface area contributed by atoms with Gasteiger partial charge in [-0.15, -0.1) is 10.2 Å². The highest BCUT2D eigenvalue weighted by Gasteiger charge is 2.04. The van der Waals surface area contributed by atoms with Crippen LogP contribution in [0.3, 0.4) is 0 Å². The molecule has 0 aliphatic rings. The average molecular weight is 372 g/mol. The first kappa shape index (κ1) is 17.5. The van der Waals surface area contributed by atoms with Crippen LogP contribution in [0.5, 0.6) is 0 Å². The molecule has 0 aliphatic carbocycles. The average Bonchev–Trinajstić information content (AvgIpc) is 3.05. The molecule has 0 atom stereocenters. The zero-order valence-corrected chi connectivity index (χ0v) is 15.4. The molecular weight excluding hydrogens is 354 g/mol. The molecule has 25 heavy (non-hydrogen) atoms. The fourth-order valence-electron chi connectivity index (χ4n) is 2.14. The van der Waals surface area contributed by atoms with Gasteiger partial charge in [-0.2, -0.15) is 5.10 Å². The molecule has 0 unspecified atom stereocenters. The predicted molar refractivity (Wildman–Crippen MR) is 106 cm³/mol. The monoisotopic (exact) mass is 371 g/mol. The molecule has 3 aromatic rings. The van der Waals surface area contributed by atoms with Crippen LogP contribution in [0.25, 0.3) is 10.2 Å². The summed E-state index contributed by atoms with van der Waals surface area (Å²) in [5.74, 6) is 0.626. The van der Waals surface area contributed by atoms with Gasteiger partial charge >= 0.3 is 0 Å². The molecule has 3 rings (SSSR count). The quantitative estimate of drug-likeness (QED) is 0.228. The Balaban J connectivity index is 1.77. The van der Waals surface area contributed by atoms with Gasteiger partial charge in [-0.1, -0.05) is 60.5 Å². The van der Waals surface area contributed by atoms with Gasteiger partial charge in [0.25, 0.3) is 0 Å². The van der Waals surface area contributed by atoms with Gasteiger partial charge in [-0.25, -0.2) is 4.98 Å². The number of fused-ring (bicyclic) bond motifs is 1. The zero-order chi connectivity index (χ0) is 17.5. The van der Waals surface area contributed by atoms with Gasteiger partial charge in [-0.05, 0) is 30.7 Å². The molecule has 0 saturated heterocycles. The molecule has 0 saturated carbocycles. The van der Waals surface area contributed by atoms with Crippen LogP contribution >= 0.6 is 22.9 Å². The number of azo groups is 1. The minimum absolute atomic E-state index is 0.615. The minimum Gasteiger partial charge on any atom is -0.275 e. The minimum atomic E-state index is 0.615. The van der Waals surface area contributed by atoms with Crippen molar-refractivity contribution in [3.8, 4) is 0 Å². The van der Waals surface area contributed by atoms with Gasteiger partial charge in [0.05, 0.1) is 20.9 Å². The lowest BCUT2D eigenvalue weighted by atomic mass is 10.2. The summed E-state index contributed by atoms with van der Waals surface area (Å²) in [5, 5.41) is 14.2. The van der Waals surface area contributed by atoms with E-state index in [0.29, 0.717) is 16.0 Å². The summed E-state index contributed by atoms with van der Waals surface area (Å²) in [6, 6.07) is 15.4. The summed E-state index contributed by atoms with van der Waals surface area (Å²) in [6.07, 6.45) is 2.78. The van der Waals surface area contributed by atoms with Crippen molar-refractivity contribution in [1.82, 2.24) is 4.98 Å². The number of thiazole rings is 1. The molecule has 0 bridgehead atoms. The fraction of sp³-hybridized carbons (Fsp3) is 0.222. The topological polar surface area (TPSA) is 62.0 Å². The van der Waals surface area contributed by atoms with Crippen LogP contribution < -0.4 is 5.43 Å². The van der Waals surface area contributed by atoms with Gasteiger partial charge < -0.3 is 0 Å². The third kappa shape index (κ3) is 4.84. The molecule has 0 amide bonds. The van der Waals surface area contributed by atoms with Crippen LogP contribution in [0.2, 0.25) is 5.02 Å². The highest BCUT2D eigenvalue weighted by Crippen LogP contribution is 2.28. The van der Waals surface area contributed by atoms with Gasteiger partial charge in [-0.3, -0.25) is 5.43 Å². The molecule has 1 aromatic heterocycles. The maximum absolute atomic E-state index is 6.14. The molecule has 0 aliphatic heterocycles. The van der Waals surface area contributed by atoms with Crippen molar-refractivity contribution in [3.05, 3.63) is 53.6 Å². The van der Waals surface area contributed by atoms with Crippen molar-refractivity contribution in [1.29, 1.82) is 0 Å². The van der Waals surface area contributed by atoms with Crippen molar-refractivity contribution in [2.24, 2.45) is 15.3 Å². The zero-order valence-electron chi connectivity index (χ0n) is 13.8. The largest absolute Gasteiger partial charge is 0.275 e. The van der Waals surface area contributed by atoms with Gasteiger partial charge in [0.15, 0.2) is 5.84 Å². The SMILES string of the molecule is CCCC/C(N=Nc1nc2ccccc2s1)=N/Nc1ccccc1Cl. The maximum Gasteiger partial charge on any atom is 0.231 e. The first-order valence-corrected chi connectivity index (χ1v) is 9.30. The number of nitrogens with one attached hydrogen (secondary N) is 1. The lowest BCUT2D eigenvalue weighted by Gasteiger charge is -2.04. The summed E-state index contributed by atoms with van der Waals surface area (Å²) < 4.78 is 1.10. The van der Waals surface area contributed by atoms with E-state index in [1.54, 1.807) is 0 Å². The maximum atomic E-state index is 6.14. The molecule has 0 radical (unpaired) electrons. The standard InChI is InChI=1S/C18H18ClN5S/c1-2-3-12-17(22-21-14-9-5-4-8-13(14)19)23-24-18-20-15-10-6-7-11-16(15)25-18/h4-11,21H,2-3,12H2,1H3/b22-17-,24-23?. The van der Waals surface area contributed by atoms with Crippen LogP contribution in [0.15, 0.2) is 63.9 Å². The summed E-state index contributed by atoms with van der Waals surface area (Å²) in [4.78, 5) is 4.46. The molecule has 2 aromatic carbocycles. The smallest absolute Gasteiger partial charge is 0.231 e. The van der Waals surface area contributed by atoms with Crippen LogP contribution in [0.4, 0.5) is 10.8 Å². The number of rotatable bonds is 6. The Morgan fingerprint density at radius 2 is 1.96 bits per heavy atom. The highest BCUT2D eigenvalue weighted by atomic mass is 35.5. The Bertz CT molecular complexity index is 870. The third-order valence-corrected chi connectivity index (χ3v) is 4.72. The normalized spacial score (nSPS) is 12.2. The number of nitrogens with zero attached hydrogens (tertiary/aromatic N) is 4. The molecular formula is C18H18ClN5S. The van der Waals surface area contributed by atoms with E-state index in [2.05, 4.69) is 32.7 Å². The molecule has 128 valence electrons. The Kier molecular flexibility index (Phi) is 6.09. The van der Waals surface area contributed by atoms with Crippen molar-refractivity contribution in [2.45, 2.75) is 26.2 Å². The van der Waals surface area contributed by atoms with E-state index in [-0.39, 0.29) is 0 Å². The van der Waals surface area contributed by atoms with Crippen molar-refractivity contribution >= 4 is 49.8 Å². The lowest BCUT2D eigenvalue weighted by Crippen LogP contribution is -1.99. The summed E-state index contributed by atoms with van der Waals surface area (Å²) >= 11 is 7.65. The number of hydrazone groups is 1. The number of amidine groups is 1. The summed E-state index contributed by atoms with van der Waals surface area (Å²) in [6.45, 7) is 2.13. The highest BCUT2D eigenvalue weighted by molar-refractivity contribution is 7.21. The molecule has 0 spiro atoms. The third-order valence-electron chi connectivity index (χ3n) is 3.47. The first-order chi connectivity index (χ1) is 12.3. The van der Waals surface area contributed by atoms with Crippen LogP contribution in [0.1, 0.15) is 26.2 Å². The van der Waals surface area contributed by atoms with E-state index in [9.17, 15) is 0 Å². The predicted octanol–water partition coefficient (Wildman–Crippen LogP) is 6.65. The first-order valence-electron chi connectivity index (χ1n) is 8.10. The second-order valence-electron chi connectivity index (χ2n) is 5.39. The molecule has 1 heterocycles. The molecule has 5 nitrogen and oxygen atoms in total. The van der Waals surface area contributed by atoms with E-state index in [0.717, 1.165) is 35.2 Å². The number of anilines is 1. The summed E-state index contributed by atoms with van der Waals surface area (Å²) in [7, 11) is 0. The van der Waals surface area contributed by atoms with Crippen LogP contribution in [0, 0.1) is 0 Å². The number of hydrogen-bond acceptors (Lipinski definition) is 5. The Labute approximate surface area is 155 Å². The number of hydrogen-bond donors (Lipinski definition) is 1. The van der Waals surface area contributed by atoms with E-state index in [1.807, 2.05) is 48.5 Å². The summed E-state index contributed by atoms with van der Waals surface area (Å²) in [5.41, 5.74) is 4.65. The van der Waals surface area contributed by atoms with Crippen LogP contribution in [-0.4, -0.2) is 10.8 Å². The van der Waals surface area contributed by atoms with E-state index < -0.39 is 0 Å². The van der Waals surface area contributed by atoms with Crippen molar-refractivity contribution in [2.75, 3.05) is 5.43 Å². The number of aromatic nitrogens is 1. The Morgan fingerprint density at radius 1 is 1.16 bits per heavy atom. The molecule has 7 heteroatoms. The van der Waals surface area contributed by atoms with Crippen molar-refractivity contribution in [3.63, 3.8) is 0 Å². The molecule has 0 fully saturated rings. The van der Waals surface area contributed by atoms with Gasteiger partial charge in [0, 0.05) is 6.42 Å². The Morgan fingerprint density at radius 3 is 2.76 bits per heavy atom. The number of unbranched alkanes of at least 4 members (excludes halogenated alkanes) is 1. The Hall–Kier alpha value is -2.31. The van der Waals surface area contributed by atoms with E-state index >= 15 is 0 Å².